The molecule has 2 aromatic heterocycles. The van der Waals surface area contributed by atoms with Crippen LogP contribution < -0.4 is 11.5 Å². The van der Waals surface area contributed by atoms with Crippen LogP contribution in [0, 0.1) is 0 Å². The van der Waals surface area contributed by atoms with Gasteiger partial charge in [0, 0.05) is 12.4 Å². The molecule has 0 bridgehead atoms. The summed E-state index contributed by atoms with van der Waals surface area (Å²) >= 11 is 0. The Bertz CT molecular complexity index is 505. The molecular weight excluding hydrogens is 194 g/mol. The van der Waals surface area contributed by atoms with Crippen LogP contribution in [-0.2, 0) is 0 Å². The summed E-state index contributed by atoms with van der Waals surface area (Å²) in [5, 5.41) is 3.97. The van der Waals surface area contributed by atoms with Gasteiger partial charge in [0.1, 0.15) is 5.69 Å². The highest BCUT2D eigenvalue weighted by atomic mass is 16.1. The lowest BCUT2D eigenvalue weighted by Crippen LogP contribution is -2.12. The van der Waals surface area contributed by atoms with Gasteiger partial charge < -0.3 is 11.5 Å². The fourth-order valence-corrected chi connectivity index (χ4v) is 1.17. The van der Waals surface area contributed by atoms with Crippen LogP contribution >= 0.6 is 0 Å². The maximum Gasteiger partial charge on any atom is 0.269 e. The molecule has 6 nitrogen and oxygen atoms in total. The molecule has 0 radical (unpaired) electrons. The molecule has 1 amide bonds. The first-order valence-electron chi connectivity index (χ1n) is 4.23. The average Bonchev–Trinajstić information content (AvgIpc) is 2.66. The number of primary amides is 1. The second-order valence-electron chi connectivity index (χ2n) is 2.99. The number of anilines is 1. The summed E-state index contributed by atoms with van der Waals surface area (Å²) < 4.78 is 1.49. The van der Waals surface area contributed by atoms with Crippen LogP contribution in [0.5, 0.6) is 0 Å². The maximum absolute atomic E-state index is 10.8. The Balaban J connectivity index is 2.41. The van der Waals surface area contributed by atoms with E-state index in [1.54, 1.807) is 18.5 Å². The predicted molar refractivity (Wildman–Crippen MR) is 54.3 cm³/mol. The fourth-order valence-electron chi connectivity index (χ4n) is 1.17. The Labute approximate surface area is 85.5 Å². The summed E-state index contributed by atoms with van der Waals surface area (Å²) in [5.74, 6) is -0.564. The number of rotatable bonds is 2. The highest BCUT2D eigenvalue weighted by Crippen LogP contribution is 2.09. The van der Waals surface area contributed by atoms with E-state index in [4.69, 9.17) is 11.5 Å². The molecule has 0 aliphatic rings. The molecule has 0 saturated heterocycles. The second-order valence-corrected chi connectivity index (χ2v) is 2.99. The van der Waals surface area contributed by atoms with E-state index < -0.39 is 5.91 Å². The normalized spacial score (nSPS) is 10.1. The number of nitrogen functional groups attached to an aromatic ring is 1. The highest BCUT2D eigenvalue weighted by molar-refractivity contribution is 5.90. The fraction of sp³-hybridized carbons (Fsp3) is 0. The molecule has 0 saturated carbocycles. The van der Waals surface area contributed by atoms with E-state index in [0.29, 0.717) is 11.4 Å². The quantitative estimate of drug-likeness (QED) is 0.714. The number of pyridine rings is 1. The van der Waals surface area contributed by atoms with Gasteiger partial charge in [-0.2, -0.15) is 5.10 Å². The van der Waals surface area contributed by atoms with Crippen molar-refractivity contribution in [1.29, 1.82) is 0 Å². The van der Waals surface area contributed by atoms with Gasteiger partial charge in [-0.25, -0.2) is 4.68 Å². The Morgan fingerprint density at radius 2 is 2.20 bits per heavy atom. The Morgan fingerprint density at radius 3 is 2.80 bits per heavy atom. The third kappa shape index (κ3) is 1.78. The molecule has 0 aromatic carbocycles. The van der Waals surface area contributed by atoms with E-state index in [2.05, 4.69) is 10.1 Å². The zero-order chi connectivity index (χ0) is 10.8. The predicted octanol–water partition coefficient (Wildman–Crippen LogP) is -0.0516. The summed E-state index contributed by atoms with van der Waals surface area (Å²) in [4.78, 5) is 14.7. The molecular formula is C9H9N5O. The smallest absolute Gasteiger partial charge is 0.269 e. The van der Waals surface area contributed by atoms with Gasteiger partial charge in [0.05, 0.1) is 17.6 Å². The van der Waals surface area contributed by atoms with Crippen molar-refractivity contribution >= 4 is 11.6 Å². The molecule has 0 unspecified atom stereocenters. The topological polar surface area (TPSA) is 99.8 Å². The van der Waals surface area contributed by atoms with Gasteiger partial charge in [-0.05, 0) is 12.1 Å². The SMILES string of the molecule is NC(=O)c1ccn(-c2cncc(N)c2)n1. The van der Waals surface area contributed by atoms with Crippen LogP contribution in [0.4, 0.5) is 5.69 Å². The number of carbonyl (C=O) groups is 1. The minimum atomic E-state index is -0.564. The first-order valence-corrected chi connectivity index (χ1v) is 4.23. The Morgan fingerprint density at radius 1 is 1.40 bits per heavy atom. The van der Waals surface area contributed by atoms with Crippen molar-refractivity contribution in [3.05, 3.63) is 36.4 Å². The van der Waals surface area contributed by atoms with E-state index in [-0.39, 0.29) is 5.69 Å². The third-order valence-corrected chi connectivity index (χ3v) is 1.85. The second kappa shape index (κ2) is 3.41. The van der Waals surface area contributed by atoms with Crippen molar-refractivity contribution in [3.8, 4) is 5.69 Å². The van der Waals surface area contributed by atoms with Crippen LogP contribution in [-0.4, -0.2) is 20.7 Å². The van der Waals surface area contributed by atoms with E-state index in [1.165, 1.54) is 16.9 Å². The number of aromatic nitrogens is 3. The van der Waals surface area contributed by atoms with Gasteiger partial charge in [0.15, 0.2) is 0 Å². The number of amides is 1. The number of hydrogen-bond acceptors (Lipinski definition) is 4. The zero-order valence-corrected chi connectivity index (χ0v) is 7.79. The minimum absolute atomic E-state index is 0.206. The van der Waals surface area contributed by atoms with Crippen molar-refractivity contribution in [2.75, 3.05) is 5.73 Å². The number of carbonyl (C=O) groups excluding carboxylic acids is 1. The number of hydrogen-bond donors (Lipinski definition) is 2. The third-order valence-electron chi connectivity index (χ3n) is 1.85. The molecule has 0 aliphatic carbocycles. The van der Waals surface area contributed by atoms with E-state index >= 15 is 0 Å². The summed E-state index contributed by atoms with van der Waals surface area (Å²) in [5.41, 5.74) is 12.1. The first-order chi connectivity index (χ1) is 7.16. The van der Waals surface area contributed by atoms with E-state index in [1.807, 2.05) is 0 Å². The van der Waals surface area contributed by atoms with Gasteiger partial charge in [-0.1, -0.05) is 0 Å². The molecule has 2 heterocycles. The summed E-state index contributed by atoms with van der Waals surface area (Å²) in [6, 6.07) is 3.23. The van der Waals surface area contributed by atoms with Crippen LogP contribution in [0.3, 0.4) is 0 Å². The molecule has 15 heavy (non-hydrogen) atoms. The number of nitrogens with two attached hydrogens (primary N) is 2. The number of nitrogens with zero attached hydrogens (tertiary/aromatic N) is 3. The molecule has 2 aromatic rings. The molecule has 0 fully saturated rings. The minimum Gasteiger partial charge on any atom is -0.397 e. The standard InChI is InChI=1S/C9H9N5O/c10-6-3-7(5-12-4-6)14-2-1-8(13-14)9(11)15/h1-5H,10H2,(H2,11,15). The van der Waals surface area contributed by atoms with Crippen LogP contribution in [0.25, 0.3) is 5.69 Å². The van der Waals surface area contributed by atoms with Crippen molar-refractivity contribution in [2.45, 2.75) is 0 Å². The van der Waals surface area contributed by atoms with Gasteiger partial charge in [0.25, 0.3) is 5.91 Å². The summed E-state index contributed by atoms with van der Waals surface area (Å²) in [7, 11) is 0. The largest absolute Gasteiger partial charge is 0.397 e. The van der Waals surface area contributed by atoms with Gasteiger partial charge >= 0.3 is 0 Å². The Hall–Kier alpha value is -2.37. The molecule has 6 heteroatoms. The van der Waals surface area contributed by atoms with Crippen molar-refractivity contribution in [2.24, 2.45) is 5.73 Å². The summed E-state index contributed by atoms with van der Waals surface area (Å²) in [6.07, 6.45) is 4.74. The summed E-state index contributed by atoms with van der Waals surface area (Å²) in [6.45, 7) is 0. The molecule has 4 N–H and O–H groups in total. The van der Waals surface area contributed by atoms with E-state index in [9.17, 15) is 4.79 Å². The van der Waals surface area contributed by atoms with Crippen molar-refractivity contribution in [3.63, 3.8) is 0 Å². The highest BCUT2D eigenvalue weighted by Gasteiger charge is 2.05. The van der Waals surface area contributed by atoms with Crippen LogP contribution in [0.2, 0.25) is 0 Å². The first kappa shape index (κ1) is 9.20. The Kier molecular flexibility index (Phi) is 2.09. The average molecular weight is 203 g/mol. The van der Waals surface area contributed by atoms with Gasteiger partial charge in [-0.3, -0.25) is 9.78 Å². The van der Waals surface area contributed by atoms with Crippen LogP contribution in [0.15, 0.2) is 30.7 Å². The van der Waals surface area contributed by atoms with Gasteiger partial charge in [0.2, 0.25) is 0 Å². The maximum atomic E-state index is 10.8. The van der Waals surface area contributed by atoms with E-state index in [0.717, 1.165) is 0 Å². The molecule has 2 rings (SSSR count). The molecule has 0 spiro atoms. The molecule has 0 atom stereocenters. The zero-order valence-electron chi connectivity index (χ0n) is 7.79. The molecule has 76 valence electrons. The van der Waals surface area contributed by atoms with Crippen LogP contribution in [0.1, 0.15) is 10.5 Å². The van der Waals surface area contributed by atoms with Crippen molar-refractivity contribution in [1.82, 2.24) is 14.8 Å². The lowest BCUT2D eigenvalue weighted by Gasteiger charge is -2.00. The lowest BCUT2D eigenvalue weighted by atomic mass is 10.4. The molecule has 0 aliphatic heterocycles. The lowest BCUT2D eigenvalue weighted by molar-refractivity contribution is 0.0995. The monoisotopic (exact) mass is 203 g/mol. The van der Waals surface area contributed by atoms with Crippen molar-refractivity contribution < 1.29 is 4.79 Å². The van der Waals surface area contributed by atoms with Gasteiger partial charge in [-0.15, -0.1) is 0 Å².